The number of anilines is 2. The Balaban J connectivity index is 0.000000401. The minimum Gasteiger partial charge on any atom is -0.494 e. The van der Waals surface area contributed by atoms with Crippen LogP contribution in [-0.2, 0) is 9.59 Å². The van der Waals surface area contributed by atoms with Gasteiger partial charge in [0.15, 0.2) is 0 Å². The molecule has 0 amide bonds. The van der Waals surface area contributed by atoms with Crippen LogP contribution in [0.15, 0.2) is 42.7 Å². The number of aromatic nitrogens is 2. The highest BCUT2D eigenvalue weighted by atomic mass is 16.5. The zero-order valence-corrected chi connectivity index (χ0v) is 17.3. The Bertz CT molecular complexity index is 823. The van der Waals surface area contributed by atoms with Crippen molar-refractivity contribution < 1.29 is 24.5 Å². The van der Waals surface area contributed by atoms with E-state index in [2.05, 4.69) is 20.2 Å². The quantitative estimate of drug-likeness (QED) is 0.451. The molecule has 9 nitrogen and oxygen atoms in total. The summed E-state index contributed by atoms with van der Waals surface area (Å²) in [4.78, 5) is 29.1. The van der Waals surface area contributed by atoms with Gasteiger partial charge in [-0.15, -0.1) is 0 Å². The number of hydrogen-bond acceptors (Lipinski definition) is 7. The molecule has 3 N–H and O–H groups in total. The van der Waals surface area contributed by atoms with Crippen LogP contribution in [0.2, 0.25) is 0 Å². The van der Waals surface area contributed by atoms with E-state index in [1.54, 1.807) is 18.5 Å². The molecule has 4 rings (SSSR count). The second-order valence-electron chi connectivity index (χ2n) is 7.74. The summed E-state index contributed by atoms with van der Waals surface area (Å²) >= 11 is 0. The molecule has 2 heterocycles. The highest BCUT2D eigenvalue weighted by molar-refractivity contribution is 6.27. The number of benzene rings is 1. The van der Waals surface area contributed by atoms with Crippen molar-refractivity contribution in [3.8, 4) is 5.75 Å². The largest absolute Gasteiger partial charge is 0.494 e. The van der Waals surface area contributed by atoms with Gasteiger partial charge in [-0.2, -0.15) is 0 Å². The molecule has 2 aromatic rings. The summed E-state index contributed by atoms with van der Waals surface area (Å²) < 4.78 is 5.88. The van der Waals surface area contributed by atoms with Gasteiger partial charge in [-0.1, -0.05) is 6.42 Å². The van der Waals surface area contributed by atoms with Crippen LogP contribution in [0.4, 0.5) is 11.6 Å². The average Bonchev–Trinajstić information content (AvgIpc) is 3.35. The van der Waals surface area contributed by atoms with Gasteiger partial charge in [0, 0.05) is 37.7 Å². The number of nitrogens with one attached hydrogen (secondary N) is 1. The molecule has 2 fully saturated rings. The number of nitrogens with zero attached hydrogens (tertiary/aromatic N) is 3. The molecule has 2 atom stereocenters. The maximum absolute atomic E-state index is 9.10. The molecule has 1 saturated heterocycles. The molecule has 0 spiro atoms. The average molecular weight is 428 g/mol. The number of likely N-dealkylation sites (tertiary alicyclic amines) is 1. The molecule has 0 bridgehead atoms. The Labute approximate surface area is 181 Å². The lowest BCUT2D eigenvalue weighted by molar-refractivity contribution is -0.159. The van der Waals surface area contributed by atoms with Crippen LogP contribution in [0.25, 0.3) is 0 Å². The van der Waals surface area contributed by atoms with Crippen LogP contribution in [0.1, 0.15) is 25.7 Å². The first-order valence-electron chi connectivity index (χ1n) is 10.5. The minimum absolute atomic E-state index is 0.603. The summed E-state index contributed by atoms with van der Waals surface area (Å²) in [5.41, 5.74) is 0.960. The van der Waals surface area contributed by atoms with E-state index in [0.29, 0.717) is 5.95 Å². The van der Waals surface area contributed by atoms with Crippen molar-refractivity contribution >= 4 is 23.6 Å². The van der Waals surface area contributed by atoms with Gasteiger partial charge in [-0.05, 0) is 61.4 Å². The molecule has 31 heavy (non-hydrogen) atoms. The normalized spacial score (nSPS) is 19.7. The molecule has 9 heteroatoms. The summed E-state index contributed by atoms with van der Waals surface area (Å²) in [5.74, 6) is -0.168. The van der Waals surface area contributed by atoms with Crippen LogP contribution < -0.4 is 10.1 Å². The van der Waals surface area contributed by atoms with Crippen molar-refractivity contribution in [2.24, 2.45) is 11.8 Å². The van der Waals surface area contributed by atoms with Gasteiger partial charge < -0.3 is 25.2 Å². The Morgan fingerprint density at radius 1 is 1.03 bits per heavy atom. The molecule has 1 aromatic carbocycles. The van der Waals surface area contributed by atoms with E-state index >= 15 is 0 Å². The van der Waals surface area contributed by atoms with Crippen molar-refractivity contribution in [2.75, 3.05) is 31.6 Å². The monoisotopic (exact) mass is 428 g/mol. The zero-order chi connectivity index (χ0) is 22.1. The Hall–Kier alpha value is -3.20. The Morgan fingerprint density at radius 3 is 2.23 bits per heavy atom. The van der Waals surface area contributed by atoms with Crippen LogP contribution in [0.3, 0.4) is 0 Å². The molecule has 2 unspecified atom stereocenters. The number of rotatable bonds is 7. The first-order chi connectivity index (χ1) is 15.0. The minimum atomic E-state index is -1.82. The fourth-order valence-corrected chi connectivity index (χ4v) is 4.12. The number of aliphatic carboxylic acids is 2. The number of carboxylic acids is 2. The molecule has 0 radical (unpaired) electrons. The van der Waals surface area contributed by atoms with Crippen LogP contribution >= 0.6 is 0 Å². The van der Waals surface area contributed by atoms with E-state index in [0.717, 1.165) is 42.8 Å². The van der Waals surface area contributed by atoms with Crippen molar-refractivity contribution in [1.29, 1.82) is 0 Å². The predicted molar refractivity (Wildman–Crippen MR) is 114 cm³/mol. The second-order valence-corrected chi connectivity index (χ2v) is 7.74. The van der Waals surface area contributed by atoms with Crippen LogP contribution in [0, 0.1) is 11.8 Å². The third-order valence-electron chi connectivity index (χ3n) is 5.55. The molecular weight excluding hydrogens is 400 g/mol. The van der Waals surface area contributed by atoms with Gasteiger partial charge in [0.1, 0.15) is 5.75 Å². The number of ether oxygens (including phenoxy) is 1. The standard InChI is InChI=1S/C20H26N4O.C2H2O4/c1-4-16-14-24(15-17(16)5-1)12-3-13-25-19-8-6-18(7-9-19)23-20-21-10-2-11-22-20;3-1(4)2(5)6/h2,6-11,16-17H,1,3-5,12-15H2,(H,21,22,23);(H,3,4)(H,5,6). The summed E-state index contributed by atoms with van der Waals surface area (Å²) in [5, 5.41) is 18.0. The fourth-order valence-electron chi connectivity index (χ4n) is 4.12. The topological polar surface area (TPSA) is 125 Å². The van der Waals surface area contributed by atoms with E-state index in [4.69, 9.17) is 24.5 Å². The lowest BCUT2D eigenvalue weighted by Gasteiger charge is -2.16. The maximum atomic E-state index is 9.10. The van der Waals surface area contributed by atoms with E-state index in [9.17, 15) is 0 Å². The third-order valence-corrected chi connectivity index (χ3v) is 5.55. The van der Waals surface area contributed by atoms with Gasteiger partial charge in [0.2, 0.25) is 5.95 Å². The van der Waals surface area contributed by atoms with Gasteiger partial charge in [0.25, 0.3) is 0 Å². The van der Waals surface area contributed by atoms with Gasteiger partial charge in [-0.3, -0.25) is 0 Å². The fraction of sp³-hybridized carbons (Fsp3) is 0.455. The SMILES string of the molecule is O=C(O)C(=O)O.c1cnc(Nc2ccc(OCCCN3CC4CCCC4C3)cc2)nc1. The van der Waals surface area contributed by atoms with Crippen molar-refractivity contribution in [1.82, 2.24) is 14.9 Å². The number of carboxylic acid groups (broad SMARTS) is 2. The third kappa shape index (κ3) is 7.21. The zero-order valence-electron chi connectivity index (χ0n) is 17.3. The smallest absolute Gasteiger partial charge is 0.414 e. The number of fused-ring (bicyclic) bond motifs is 1. The predicted octanol–water partition coefficient (Wildman–Crippen LogP) is 2.88. The molecule has 2 aliphatic rings. The Morgan fingerprint density at radius 2 is 1.65 bits per heavy atom. The van der Waals surface area contributed by atoms with Crippen molar-refractivity contribution in [3.05, 3.63) is 42.7 Å². The van der Waals surface area contributed by atoms with Gasteiger partial charge in [-0.25, -0.2) is 19.6 Å². The van der Waals surface area contributed by atoms with Crippen LogP contribution in [0.5, 0.6) is 5.75 Å². The van der Waals surface area contributed by atoms with E-state index in [1.165, 1.54) is 32.4 Å². The first-order valence-corrected chi connectivity index (χ1v) is 10.5. The molecule has 1 aliphatic carbocycles. The van der Waals surface area contributed by atoms with Gasteiger partial charge in [0.05, 0.1) is 6.61 Å². The summed E-state index contributed by atoms with van der Waals surface area (Å²) in [7, 11) is 0. The first kappa shape index (κ1) is 22.5. The highest BCUT2D eigenvalue weighted by Crippen LogP contribution is 2.37. The number of hydrogen-bond donors (Lipinski definition) is 3. The van der Waals surface area contributed by atoms with E-state index < -0.39 is 11.9 Å². The molecule has 1 aromatic heterocycles. The molecule has 1 saturated carbocycles. The number of carbonyl (C=O) groups is 2. The maximum Gasteiger partial charge on any atom is 0.414 e. The molecule has 166 valence electrons. The van der Waals surface area contributed by atoms with E-state index in [-0.39, 0.29) is 0 Å². The second kappa shape index (κ2) is 11.3. The summed E-state index contributed by atoms with van der Waals surface area (Å²) in [6.07, 6.45) is 8.89. The summed E-state index contributed by atoms with van der Waals surface area (Å²) in [6, 6.07) is 9.77. The highest BCUT2D eigenvalue weighted by Gasteiger charge is 2.35. The van der Waals surface area contributed by atoms with Crippen molar-refractivity contribution in [3.63, 3.8) is 0 Å². The van der Waals surface area contributed by atoms with E-state index in [1.807, 2.05) is 24.3 Å². The van der Waals surface area contributed by atoms with Crippen LogP contribution in [-0.4, -0.2) is 63.3 Å². The molecular formula is C22H28N4O5. The lowest BCUT2D eigenvalue weighted by Crippen LogP contribution is -2.24. The van der Waals surface area contributed by atoms with Crippen molar-refractivity contribution in [2.45, 2.75) is 25.7 Å². The lowest BCUT2D eigenvalue weighted by atomic mass is 10.0. The molecule has 1 aliphatic heterocycles. The summed E-state index contributed by atoms with van der Waals surface area (Å²) in [6.45, 7) is 4.57. The van der Waals surface area contributed by atoms with Gasteiger partial charge >= 0.3 is 11.9 Å². The Kier molecular flexibility index (Phi) is 8.17.